The van der Waals surface area contributed by atoms with Crippen LogP contribution < -0.4 is 10.5 Å². The molecule has 0 aliphatic carbocycles. The minimum absolute atomic E-state index is 0.537. The quantitative estimate of drug-likeness (QED) is 0.709. The van der Waals surface area contributed by atoms with Gasteiger partial charge in [-0.3, -0.25) is 0 Å². The number of nitrogens with two attached hydrogens (primary N) is 1. The Bertz CT molecular complexity index is 365. The minimum atomic E-state index is -1.37. The summed E-state index contributed by atoms with van der Waals surface area (Å²) < 4.78 is 11.0. The van der Waals surface area contributed by atoms with E-state index in [2.05, 4.69) is 12.2 Å². The number of nitrogens with one attached hydrogen (secondary N) is 1. The SMILES string of the molecule is CC1CNc2cc(S(N)=O)ccc21. The van der Waals surface area contributed by atoms with Crippen LogP contribution in [-0.2, 0) is 11.0 Å². The number of hydrogen-bond donors (Lipinski definition) is 2. The van der Waals surface area contributed by atoms with Crippen LogP contribution in [0.25, 0.3) is 0 Å². The van der Waals surface area contributed by atoms with Gasteiger partial charge in [-0.25, -0.2) is 9.35 Å². The molecule has 13 heavy (non-hydrogen) atoms. The fourth-order valence-electron chi connectivity index (χ4n) is 1.62. The summed E-state index contributed by atoms with van der Waals surface area (Å²) in [6.45, 7) is 3.12. The molecule has 0 saturated carbocycles. The molecule has 0 bridgehead atoms. The fourth-order valence-corrected chi connectivity index (χ4v) is 2.05. The maximum Gasteiger partial charge on any atom is 0.122 e. The molecule has 2 unspecified atom stereocenters. The number of fused-ring (bicyclic) bond motifs is 1. The van der Waals surface area contributed by atoms with E-state index in [0.717, 1.165) is 12.2 Å². The lowest BCUT2D eigenvalue weighted by Gasteiger charge is -2.03. The third-order valence-corrected chi connectivity index (χ3v) is 3.11. The van der Waals surface area contributed by atoms with Crippen molar-refractivity contribution < 1.29 is 4.21 Å². The molecule has 0 saturated heterocycles. The first-order chi connectivity index (χ1) is 6.18. The van der Waals surface area contributed by atoms with Gasteiger partial charge in [0.15, 0.2) is 0 Å². The lowest BCUT2D eigenvalue weighted by Crippen LogP contribution is -2.02. The van der Waals surface area contributed by atoms with E-state index in [0.29, 0.717) is 10.8 Å². The van der Waals surface area contributed by atoms with Gasteiger partial charge in [-0.05, 0) is 17.7 Å². The molecule has 0 aromatic heterocycles. The Morgan fingerprint density at radius 2 is 2.38 bits per heavy atom. The lowest BCUT2D eigenvalue weighted by atomic mass is 10.0. The molecule has 1 aliphatic heterocycles. The largest absolute Gasteiger partial charge is 0.384 e. The summed E-state index contributed by atoms with van der Waals surface area (Å²) in [5.74, 6) is 0.537. The van der Waals surface area contributed by atoms with E-state index in [1.54, 1.807) is 0 Å². The second-order valence-corrected chi connectivity index (χ2v) is 4.39. The molecule has 3 nitrogen and oxygen atoms in total. The zero-order valence-electron chi connectivity index (χ0n) is 7.41. The average Bonchev–Trinajstić information content (AvgIpc) is 2.47. The van der Waals surface area contributed by atoms with Crippen molar-refractivity contribution in [2.45, 2.75) is 17.7 Å². The monoisotopic (exact) mass is 196 g/mol. The molecule has 70 valence electrons. The molecule has 1 aliphatic rings. The predicted molar refractivity (Wildman–Crippen MR) is 53.9 cm³/mol. The van der Waals surface area contributed by atoms with Crippen LogP contribution in [0, 0.1) is 0 Å². The van der Waals surface area contributed by atoms with E-state index in [9.17, 15) is 4.21 Å². The van der Waals surface area contributed by atoms with Crippen LogP contribution in [-0.4, -0.2) is 10.8 Å². The summed E-state index contributed by atoms with van der Waals surface area (Å²) in [5.41, 5.74) is 2.36. The van der Waals surface area contributed by atoms with Crippen molar-refractivity contribution in [3.8, 4) is 0 Å². The summed E-state index contributed by atoms with van der Waals surface area (Å²) in [7, 11) is -1.37. The Balaban J connectivity index is 2.45. The Morgan fingerprint density at radius 3 is 3.08 bits per heavy atom. The topological polar surface area (TPSA) is 55.1 Å². The third kappa shape index (κ3) is 1.47. The van der Waals surface area contributed by atoms with Crippen molar-refractivity contribution in [1.82, 2.24) is 0 Å². The van der Waals surface area contributed by atoms with Gasteiger partial charge in [0, 0.05) is 18.2 Å². The van der Waals surface area contributed by atoms with Crippen LogP contribution >= 0.6 is 0 Å². The van der Waals surface area contributed by atoms with Crippen molar-refractivity contribution in [2.24, 2.45) is 5.14 Å². The van der Waals surface area contributed by atoms with Gasteiger partial charge in [-0.1, -0.05) is 13.0 Å². The van der Waals surface area contributed by atoms with Gasteiger partial charge in [0.25, 0.3) is 0 Å². The Morgan fingerprint density at radius 1 is 1.62 bits per heavy atom. The second-order valence-electron chi connectivity index (χ2n) is 3.33. The molecule has 1 aromatic carbocycles. The Kier molecular flexibility index (Phi) is 2.09. The number of rotatable bonds is 1. The van der Waals surface area contributed by atoms with E-state index in [1.165, 1.54) is 5.56 Å². The van der Waals surface area contributed by atoms with Crippen LogP contribution in [0.4, 0.5) is 5.69 Å². The second kappa shape index (κ2) is 3.12. The molecule has 2 rings (SSSR count). The summed E-state index contributed by atoms with van der Waals surface area (Å²) >= 11 is 0. The molecule has 0 amide bonds. The van der Waals surface area contributed by atoms with Gasteiger partial charge in [0.2, 0.25) is 0 Å². The first-order valence-electron chi connectivity index (χ1n) is 4.22. The highest BCUT2D eigenvalue weighted by atomic mass is 32.2. The van der Waals surface area contributed by atoms with Gasteiger partial charge in [0.05, 0.1) is 4.90 Å². The lowest BCUT2D eigenvalue weighted by molar-refractivity contribution is 0.684. The van der Waals surface area contributed by atoms with E-state index < -0.39 is 11.0 Å². The van der Waals surface area contributed by atoms with Crippen molar-refractivity contribution in [1.29, 1.82) is 0 Å². The van der Waals surface area contributed by atoms with Gasteiger partial charge < -0.3 is 5.32 Å². The summed E-state index contributed by atoms with van der Waals surface area (Å²) in [6, 6.07) is 5.70. The molecule has 3 N–H and O–H groups in total. The predicted octanol–water partition coefficient (Wildman–Crippen LogP) is 1.20. The van der Waals surface area contributed by atoms with Crippen LogP contribution in [0.15, 0.2) is 23.1 Å². The number of anilines is 1. The normalized spacial score (nSPS) is 22.2. The first-order valence-corrected chi connectivity index (χ1v) is 5.44. The standard InChI is InChI=1S/C9H12N2OS/c1-6-5-11-9-4-7(13(10)12)2-3-8(6)9/h2-4,6,11H,5,10H2,1H3. The smallest absolute Gasteiger partial charge is 0.122 e. The molecule has 2 atom stereocenters. The maximum absolute atomic E-state index is 11.0. The van der Waals surface area contributed by atoms with Gasteiger partial charge in [-0.2, -0.15) is 0 Å². The van der Waals surface area contributed by atoms with Crippen LogP contribution in [0.5, 0.6) is 0 Å². The summed E-state index contributed by atoms with van der Waals surface area (Å²) in [4.78, 5) is 0.681. The number of hydrogen-bond acceptors (Lipinski definition) is 2. The fraction of sp³-hybridized carbons (Fsp3) is 0.333. The van der Waals surface area contributed by atoms with E-state index >= 15 is 0 Å². The minimum Gasteiger partial charge on any atom is -0.384 e. The molecule has 0 radical (unpaired) electrons. The highest BCUT2D eigenvalue weighted by Crippen LogP contribution is 2.31. The Hall–Kier alpha value is -0.870. The highest BCUT2D eigenvalue weighted by molar-refractivity contribution is 7.82. The van der Waals surface area contributed by atoms with Crippen molar-refractivity contribution in [3.63, 3.8) is 0 Å². The van der Waals surface area contributed by atoms with Crippen molar-refractivity contribution >= 4 is 16.7 Å². The van der Waals surface area contributed by atoms with Crippen LogP contribution in [0.3, 0.4) is 0 Å². The highest BCUT2D eigenvalue weighted by Gasteiger charge is 2.18. The van der Waals surface area contributed by atoms with Crippen molar-refractivity contribution in [2.75, 3.05) is 11.9 Å². The molecule has 1 heterocycles. The van der Waals surface area contributed by atoms with Gasteiger partial charge in [0.1, 0.15) is 11.0 Å². The van der Waals surface area contributed by atoms with Crippen LogP contribution in [0.1, 0.15) is 18.4 Å². The van der Waals surface area contributed by atoms with Crippen molar-refractivity contribution in [3.05, 3.63) is 23.8 Å². The Labute approximate surface area is 79.9 Å². The molecule has 0 fully saturated rings. The van der Waals surface area contributed by atoms with Gasteiger partial charge in [-0.15, -0.1) is 0 Å². The molecule has 4 heteroatoms. The average molecular weight is 196 g/mol. The maximum atomic E-state index is 11.0. The summed E-state index contributed by atoms with van der Waals surface area (Å²) in [5, 5.41) is 8.54. The first kappa shape index (κ1) is 8.72. The number of benzene rings is 1. The summed E-state index contributed by atoms with van der Waals surface area (Å²) in [6.07, 6.45) is 0. The van der Waals surface area contributed by atoms with Gasteiger partial charge >= 0.3 is 0 Å². The molecular weight excluding hydrogens is 184 g/mol. The molecule has 1 aromatic rings. The van der Waals surface area contributed by atoms with E-state index in [-0.39, 0.29) is 0 Å². The zero-order valence-corrected chi connectivity index (χ0v) is 8.23. The van der Waals surface area contributed by atoms with E-state index in [1.807, 2.05) is 18.2 Å². The van der Waals surface area contributed by atoms with Crippen LogP contribution in [0.2, 0.25) is 0 Å². The molecular formula is C9H12N2OS. The molecule has 0 spiro atoms. The zero-order chi connectivity index (χ0) is 9.42. The third-order valence-electron chi connectivity index (χ3n) is 2.39. The van der Waals surface area contributed by atoms with E-state index in [4.69, 9.17) is 5.14 Å².